The third-order valence-corrected chi connectivity index (χ3v) is 2.11. The van der Waals surface area contributed by atoms with E-state index < -0.39 is 0 Å². The second-order valence-electron chi connectivity index (χ2n) is 3.04. The largest absolute Gasteiger partial charge is 0.340 e. The summed E-state index contributed by atoms with van der Waals surface area (Å²) in [7, 11) is 0. The number of carbonyl (C=O) groups excluding carboxylic acids is 1. The topological polar surface area (TPSA) is 44.7 Å². The van der Waals surface area contributed by atoms with E-state index in [2.05, 4.69) is 15.2 Å². The van der Waals surface area contributed by atoms with Gasteiger partial charge in [-0.05, 0) is 0 Å². The van der Waals surface area contributed by atoms with Crippen LogP contribution in [0, 0.1) is 5.92 Å². The highest BCUT2D eigenvalue weighted by atomic mass is 16.2. The molecule has 60 valence electrons. The van der Waals surface area contributed by atoms with Gasteiger partial charge >= 0.3 is 0 Å². The van der Waals surface area contributed by atoms with Crippen LogP contribution in [0.2, 0.25) is 0 Å². The molecule has 0 aliphatic carbocycles. The van der Waals surface area contributed by atoms with Crippen molar-refractivity contribution in [3.63, 3.8) is 0 Å². The Morgan fingerprint density at radius 3 is 3.36 bits per heavy atom. The Hall–Kier alpha value is -1.06. The molecule has 2 aliphatic rings. The summed E-state index contributed by atoms with van der Waals surface area (Å²) >= 11 is 0. The van der Waals surface area contributed by atoms with E-state index in [0.29, 0.717) is 0 Å². The van der Waals surface area contributed by atoms with Crippen LogP contribution in [0.3, 0.4) is 0 Å². The molecule has 4 nitrogen and oxygen atoms in total. The van der Waals surface area contributed by atoms with Crippen molar-refractivity contribution in [1.82, 2.24) is 10.2 Å². The third-order valence-electron chi connectivity index (χ3n) is 2.11. The molecule has 2 rings (SSSR count). The molecule has 0 aromatic carbocycles. The van der Waals surface area contributed by atoms with Gasteiger partial charge in [-0.1, -0.05) is 6.92 Å². The molecule has 1 saturated heterocycles. The first-order chi connectivity index (χ1) is 5.27. The summed E-state index contributed by atoms with van der Waals surface area (Å²) in [5.41, 5.74) is 0. The van der Waals surface area contributed by atoms with Crippen LogP contribution in [0.4, 0.5) is 0 Å². The summed E-state index contributed by atoms with van der Waals surface area (Å²) in [4.78, 5) is 17.4. The molecule has 0 radical (unpaired) electrons. The van der Waals surface area contributed by atoms with E-state index in [4.69, 9.17) is 0 Å². The van der Waals surface area contributed by atoms with Crippen LogP contribution in [0.5, 0.6) is 0 Å². The van der Waals surface area contributed by atoms with E-state index in [1.165, 1.54) is 0 Å². The van der Waals surface area contributed by atoms with Gasteiger partial charge in [0.25, 0.3) is 0 Å². The molecule has 0 aromatic heterocycles. The smallest absolute Gasteiger partial charge is 0.231 e. The van der Waals surface area contributed by atoms with Crippen molar-refractivity contribution in [3.8, 4) is 0 Å². The Labute approximate surface area is 65.3 Å². The number of guanidine groups is 1. The number of hydrogen-bond donors (Lipinski definition) is 1. The lowest BCUT2D eigenvalue weighted by Gasteiger charge is -2.29. The molecular weight excluding hydrogens is 142 g/mol. The number of aliphatic imine (C=N–C) groups is 1. The van der Waals surface area contributed by atoms with Crippen molar-refractivity contribution in [2.45, 2.75) is 6.92 Å². The first-order valence-corrected chi connectivity index (χ1v) is 3.87. The van der Waals surface area contributed by atoms with Gasteiger partial charge in [0.15, 0.2) is 0 Å². The van der Waals surface area contributed by atoms with Crippen LogP contribution in [0.15, 0.2) is 4.99 Å². The van der Waals surface area contributed by atoms with Crippen LogP contribution < -0.4 is 5.32 Å². The monoisotopic (exact) mass is 153 g/mol. The van der Waals surface area contributed by atoms with Gasteiger partial charge in [0.05, 0.1) is 12.5 Å². The maximum atomic E-state index is 11.1. The van der Waals surface area contributed by atoms with E-state index in [9.17, 15) is 4.79 Å². The highest BCUT2D eigenvalue weighted by Crippen LogP contribution is 2.10. The summed E-state index contributed by atoms with van der Waals surface area (Å²) in [5.74, 6) is 0.974. The number of nitrogens with one attached hydrogen (secondary N) is 1. The molecule has 0 bridgehead atoms. The lowest BCUT2D eigenvalue weighted by atomic mass is 10.1. The molecule has 1 amide bonds. The second kappa shape index (κ2) is 2.22. The fraction of sp³-hybridized carbons (Fsp3) is 0.714. The van der Waals surface area contributed by atoms with Crippen molar-refractivity contribution < 1.29 is 4.79 Å². The van der Waals surface area contributed by atoms with Crippen molar-refractivity contribution in [1.29, 1.82) is 0 Å². The minimum atomic E-state index is 0.0990. The van der Waals surface area contributed by atoms with Crippen LogP contribution in [0.1, 0.15) is 6.92 Å². The van der Waals surface area contributed by atoms with Crippen LogP contribution >= 0.6 is 0 Å². The number of nitrogens with zero attached hydrogens (tertiary/aromatic N) is 2. The predicted molar refractivity (Wildman–Crippen MR) is 41.2 cm³/mol. The molecule has 1 fully saturated rings. The highest BCUT2D eigenvalue weighted by Gasteiger charge is 2.29. The number of amides is 1. The fourth-order valence-corrected chi connectivity index (χ4v) is 1.43. The first-order valence-electron chi connectivity index (χ1n) is 3.87. The first kappa shape index (κ1) is 6.64. The van der Waals surface area contributed by atoms with Gasteiger partial charge in [0.2, 0.25) is 11.9 Å². The maximum Gasteiger partial charge on any atom is 0.231 e. The van der Waals surface area contributed by atoms with E-state index >= 15 is 0 Å². The predicted octanol–water partition coefficient (Wildman–Crippen LogP) is -0.576. The Balaban J connectivity index is 2.15. The molecule has 4 heteroatoms. The summed E-state index contributed by atoms with van der Waals surface area (Å²) in [6.07, 6.45) is 0. The number of hydrogen-bond acceptors (Lipinski definition) is 3. The number of rotatable bonds is 0. The lowest BCUT2D eigenvalue weighted by molar-refractivity contribution is -0.124. The zero-order valence-electron chi connectivity index (χ0n) is 6.50. The van der Waals surface area contributed by atoms with Gasteiger partial charge in [0, 0.05) is 13.1 Å². The molecule has 0 aromatic rings. The Morgan fingerprint density at radius 2 is 2.55 bits per heavy atom. The Bertz CT molecular complexity index is 224. The minimum Gasteiger partial charge on any atom is -0.340 e. The molecule has 0 spiro atoms. The molecule has 1 unspecified atom stereocenters. The Kier molecular flexibility index (Phi) is 1.34. The van der Waals surface area contributed by atoms with E-state index in [-0.39, 0.29) is 11.8 Å². The van der Waals surface area contributed by atoms with Gasteiger partial charge in [-0.25, -0.2) is 0 Å². The van der Waals surface area contributed by atoms with Crippen LogP contribution in [0.25, 0.3) is 0 Å². The molecule has 1 atom stereocenters. The summed E-state index contributed by atoms with van der Waals surface area (Å²) in [6.45, 7) is 4.54. The van der Waals surface area contributed by atoms with Crippen molar-refractivity contribution in [2.75, 3.05) is 19.6 Å². The van der Waals surface area contributed by atoms with Crippen molar-refractivity contribution in [2.24, 2.45) is 10.9 Å². The number of carbonyl (C=O) groups is 1. The molecular formula is C7H11N3O. The lowest BCUT2D eigenvalue weighted by Crippen LogP contribution is -2.52. The van der Waals surface area contributed by atoms with Crippen LogP contribution in [-0.4, -0.2) is 36.4 Å². The highest BCUT2D eigenvalue weighted by molar-refractivity contribution is 6.00. The maximum absolute atomic E-state index is 11.1. The number of fused-ring (bicyclic) bond motifs is 1. The second-order valence-corrected chi connectivity index (χ2v) is 3.04. The summed E-state index contributed by atoms with van der Waals surface area (Å²) < 4.78 is 0. The van der Waals surface area contributed by atoms with E-state index in [0.717, 1.165) is 25.6 Å². The van der Waals surface area contributed by atoms with Gasteiger partial charge in [-0.15, -0.1) is 0 Å². The van der Waals surface area contributed by atoms with E-state index in [1.807, 2.05) is 6.92 Å². The standard InChI is InChI=1S/C7H11N3O/c1-5-4-10-3-2-8-7(10)9-6(5)11/h5H,2-4H2,1H3,(H,8,9,11). The van der Waals surface area contributed by atoms with Crippen molar-refractivity contribution in [3.05, 3.63) is 0 Å². The summed E-state index contributed by atoms with van der Waals surface area (Å²) in [6, 6.07) is 0. The quantitative estimate of drug-likeness (QED) is 0.506. The van der Waals surface area contributed by atoms with Gasteiger partial charge < -0.3 is 4.90 Å². The molecule has 0 saturated carbocycles. The average molecular weight is 153 g/mol. The normalized spacial score (nSPS) is 29.5. The fourth-order valence-electron chi connectivity index (χ4n) is 1.43. The van der Waals surface area contributed by atoms with Crippen LogP contribution in [-0.2, 0) is 4.79 Å². The molecule has 2 heterocycles. The SMILES string of the molecule is CC1CN2CCN=C2NC1=O. The summed E-state index contributed by atoms with van der Waals surface area (Å²) in [5, 5.41) is 2.77. The van der Waals surface area contributed by atoms with E-state index in [1.54, 1.807) is 0 Å². The van der Waals surface area contributed by atoms with Crippen molar-refractivity contribution >= 4 is 11.9 Å². The Morgan fingerprint density at radius 1 is 1.73 bits per heavy atom. The van der Waals surface area contributed by atoms with Gasteiger partial charge in [-0.3, -0.25) is 15.1 Å². The minimum absolute atomic E-state index is 0.0990. The zero-order chi connectivity index (χ0) is 7.84. The molecule has 1 N–H and O–H groups in total. The van der Waals surface area contributed by atoms with Gasteiger partial charge in [-0.2, -0.15) is 0 Å². The zero-order valence-corrected chi connectivity index (χ0v) is 6.50. The van der Waals surface area contributed by atoms with Gasteiger partial charge in [0.1, 0.15) is 0 Å². The average Bonchev–Trinajstić information content (AvgIpc) is 2.36. The molecule has 2 aliphatic heterocycles. The third kappa shape index (κ3) is 0.982. The molecule has 11 heavy (non-hydrogen) atoms.